The van der Waals surface area contributed by atoms with Crippen LogP contribution in [-0.4, -0.2) is 16.2 Å². The Morgan fingerprint density at radius 2 is 2.50 bits per heavy atom. The standard InChI is InChI=1S/C11H19N3/c1-2-3-11(9-4-5-9)12-8-10-6-7-13-14-10/h6-7,9,11-12H,2-5,8H2,1H3,(H,13,14). The summed E-state index contributed by atoms with van der Waals surface area (Å²) in [6.07, 6.45) is 7.22. The second kappa shape index (κ2) is 4.60. The number of nitrogens with one attached hydrogen (secondary N) is 2. The maximum atomic E-state index is 3.94. The molecule has 0 bridgehead atoms. The third-order valence-corrected chi connectivity index (χ3v) is 2.90. The zero-order chi connectivity index (χ0) is 9.80. The van der Waals surface area contributed by atoms with Crippen LogP contribution in [0.15, 0.2) is 12.3 Å². The first-order valence-electron chi connectivity index (χ1n) is 5.61. The SMILES string of the molecule is CCCC(NCc1ccn[nH]1)C1CC1. The van der Waals surface area contributed by atoms with E-state index in [0.717, 1.165) is 18.5 Å². The van der Waals surface area contributed by atoms with Crippen molar-refractivity contribution in [1.29, 1.82) is 0 Å². The highest BCUT2D eigenvalue weighted by atomic mass is 15.1. The van der Waals surface area contributed by atoms with Crippen molar-refractivity contribution in [2.24, 2.45) is 5.92 Å². The fourth-order valence-electron chi connectivity index (χ4n) is 1.94. The minimum Gasteiger partial charge on any atom is -0.308 e. The topological polar surface area (TPSA) is 40.7 Å². The molecule has 1 atom stereocenters. The molecule has 2 rings (SSSR count). The fourth-order valence-corrected chi connectivity index (χ4v) is 1.94. The third kappa shape index (κ3) is 2.58. The van der Waals surface area contributed by atoms with E-state index in [1.807, 2.05) is 12.3 Å². The average Bonchev–Trinajstić information content (AvgIpc) is 2.90. The van der Waals surface area contributed by atoms with Crippen LogP contribution in [0.3, 0.4) is 0 Å². The normalized spacial score (nSPS) is 18.4. The summed E-state index contributed by atoms with van der Waals surface area (Å²) in [5.41, 5.74) is 1.19. The molecule has 3 heteroatoms. The molecule has 0 aliphatic heterocycles. The molecule has 1 heterocycles. The van der Waals surface area contributed by atoms with Gasteiger partial charge in [-0.1, -0.05) is 13.3 Å². The van der Waals surface area contributed by atoms with E-state index in [-0.39, 0.29) is 0 Å². The molecular weight excluding hydrogens is 174 g/mol. The Morgan fingerprint density at radius 1 is 1.64 bits per heavy atom. The third-order valence-electron chi connectivity index (χ3n) is 2.90. The summed E-state index contributed by atoms with van der Waals surface area (Å²) in [5.74, 6) is 0.942. The van der Waals surface area contributed by atoms with Crippen LogP contribution >= 0.6 is 0 Å². The van der Waals surface area contributed by atoms with Gasteiger partial charge in [0.05, 0.1) is 0 Å². The van der Waals surface area contributed by atoms with E-state index in [4.69, 9.17) is 0 Å². The predicted molar refractivity (Wildman–Crippen MR) is 56.8 cm³/mol. The molecule has 0 spiro atoms. The molecule has 1 unspecified atom stereocenters. The van der Waals surface area contributed by atoms with Gasteiger partial charge >= 0.3 is 0 Å². The maximum absolute atomic E-state index is 3.94. The van der Waals surface area contributed by atoms with Crippen molar-refractivity contribution >= 4 is 0 Å². The maximum Gasteiger partial charge on any atom is 0.0490 e. The van der Waals surface area contributed by atoms with Crippen molar-refractivity contribution in [3.63, 3.8) is 0 Å². The Morgan fingerprint density at radius 3 is 3.07 bits per heavy atom. The second-order valence-corrected chi connectivity index (χ2v) is 4.20. The monoisotopic (exact) mass is 193 g/mol. The van der Waals surface area contributed by atoms with Crippen LogP contribution < -0.4 is 5.32 Å². The molecule has 1 aliphatic rings. The van der Waals surface area contributed by atoms with Crippen LogP contribution in [0.2, 0.25) is 0 Å². The molecule has 3 nitrogen and oxygen atoms in total. The van der Waals surface area contributed by atoms with Crippen LogP contribution in [-0.2, 0) is 6.54 Å². The van der Waals surface area contributed by atoms with Crippen LogP contribution in [0.1, 0.15) is 38.3 Å². The van der Waals surface area contributed by atoms with Gasteiger partial charge in [-0.25, -0.2) is 0 Å². The molecular formula is C11H19N3. The minimum absolute atomic E-state index is 0.725. The van der Waals surface area contributed by atoms with Gasteiger partial charge in [0.25, 0.3) is 0 Å². The van der Waals surface area contributed by atoms with Gasteiger partial charge < -0.3 is 5.32 Å². The van der Waals surface area contributed by atoms with Crippen LogP contribution in [0.4, 0.5) is 0 Å². The average molecular weight is 193 g/mol. The van der Waals surface area contributed by atoms with Gasteiger partial charge in [-0.2, -0.15) is 5.10 Å². The zero-order valence-corrected chi connectivity index (χ0v) is 8.79. The Kier molecular flexibility index (Phi) is 3.19. The molecule has 1 saturated carbocycles. The summed E-state index contributed by atoms with van der Waals surface area (Å²) in [6, 6.07) is 2.76. The van der Waals surface area contributed by atoms with Gasteiger partial charge in [0.15, 0.2) is 0 Å². The largest absolute Gasteiger partial charge is 0.308 e. The van der Waals surface area contributed by atoms with Crippen molar-refractivity contribution in [3.05, 3.63) is 18.0 Å². The number of hydrogen-bond acceptors (Lipinski definition) is 2. The minimum atomic E-state index is 0.725. The molecule has 1 aromatic heterocycles. The molecule has 0 saturated heterocycles. The quantitative estimate of drug-likeness (QED) is 0.726. The van der Waals surface area contributed by atoms with Crippen molar-refractivity contribution < 1.29 is 0 Å². The van der Waals surface area contributed by atoms with Gasteiger partial charge in [-0.15, -0.1) is 0 Å². The van der Waals surface area contributed by atoms with Gasteiger partial charge in [0, 0.05) is 24.5 Å². The molecule has 2 N–H and O–H groups in total. The summed E-state index contributed by atoms with van der Waals surface area (Å²) in [6.45, 7) is 3.19. The second-order valence-electron chi connectivity index (χ2n) is 4.20. The lowest BCUT2D eigenvalue weighted by Crippen LogP contribution is -2.30. The first-order valence-corrected chi connectivity index (χ1v) is 5.61. The van der Waals surface area contributed by atoms with E-state index < -0.39 is 0 Å². The molecule has 0 amide bonds. The van der Waals surface area contributed by atoms with Crippen LogP contribution in [0.5, 0.6) is 0 Å². The lowest BCUT2D eigenvalue weighted by Gasteiger charge is -2.16. The summed E-state index contributed by atoms with van der Waals surface area (Å²) in [5, 5.41) is 10.5. The summed E-state index contributed by atoms with van der Waals surface area (Å²) in [7, 11) is 0. The van der Waals surface area contributed by atoms with E-state index in [2.05, 4.69) is 22.4 Å². The van der Waals surface area contributed by atoms with Crippen molar-refractivity contribution in [2.75, 3.05) is 0 Å². The van der Waals surface area contributed by atoms with Crippen LogP contribution in [0, 0.1) is 5.92 Å². The Hall–Kier alpha value is -0.830. The summed E-state index contributed by atoms with van der Waals surface area (Å²) < 4.78 is 0. The lowest BCUT2D eigenvalue weighted by atomic mass is 10.1. The number of H-pyrrole nitrogens is 1. The Bertz CT molecular complexity index is 252. The van der Waals surface area contributed by atoms with E-state index >= 15 is 0 Å². The summed E-state index contributed by atoms with van der Waals surface area (Å²) in [4.78, 5) is 0. The summed E-state index contributed by atoms with van der Waals surface area (Å²) >= 11 is 0. The smallest absolute Gasteiger partial charge is 0.0490 e. The first-order chi connectivity index (χ1) is 6.90. The predicted octanol–water partition coefficient (Wildman–Crippen LogP) is 2.08. The van der Waals surface area contributed by atoms with E-state index in [0.29, 0.717) is 0 Å². The van der Waals surface area contributed by atoms with E-state index in [9.17, 15) is 0 Å². The Balaban J connectivity index is 1.76. The lowest BCUT2D eigenvalue weighted by molar-refractivity contribution is 0.427. The van der Waals surface area contributed by atoms with Crippen molar-refractivity contribution in [2.45, 2.75) is 45.2 Å². The molecule has 1 aromatic rings. The van der Waals surface area contributed by atoms with Gasteiger partial charge in [0.2, 0.25) is 0 Å². The number of rotatable bonds is 6. The molecule has 14 heavy (non-hydrogen) atoms. The molecule has 1 fully saturated rings. The Labute approximate surface area is 85.3 Å². The van der Waals surface area contributed by atoms with E-state index in [1.54, 1.807) is 0 Å². The van der Waals surface area contributed by atoms with E-state index in [1.165, 1.54) is 31.4 Å². The van der Waals surface area contributed by atoms with Gasteiger partial charge in [-0.3, -0.25) is 5.10 Å². The highest BCUT2D eigenvalue weighted by Gasteiger charge is 2.29. The highest BCUT2D eigenvalue weighted by molar-refractivity contribution is 4.98. The molecule has 0 radical (unpaired) electrons. The van der Waals surface area contributed by atoms with Crippen molar-refractivity contribution in [1.82, 2.24) is 15.5 Å². The first kappa shape index (κ1) is 9.71. The molecule has 1 aliphatic carbocycles. The number of nitrogens with zero attached hydrogens (tertiary/aromatic N) is 1. The fraction of sp³-hybridized carbons (Fsp3) is 0.727. The van der Waals surface area contributed by atoms with Crippen molar-refractivity contribution in [3.8, 4) is 0 Å². The van der Waals surface area contributed by atoms with Gasteiger partial charge in [0.1, 0.15) is 0 Å². The number of aromatic nitrogens is 2. The highest BCUT2D eigenvalue weighted by Crippen LogP contribution is 2.34. The van der Waals surface area contributed by atoms with Crippen LogP contribution in [0.25, 0.3) is 0 Å². The number of aromatic amines is 1. The number of hydrogen-bond donors (Lipinski definition) is 2. The zero-order valence-electron chi connectivity index (χ0n) is 8.79. The molecule has 0 aromatic carbocycles. The molecule has 78 valence electrons. The van der Waals surface area contributed by atoms with Gasteiger partial charge in [-0.05, 0) is 31.2 Å².